The fraction of sp³-hybridized carbons (Fsp3) is 0.318. The van der Waals surface area contributed by atoms with Gasteiger partial charge in [0.1, 0.15) is 5.70 Å². The molecule has 1 unspecified atom stereocenters. The Kier molecular flexibility index (Phi) is 5.79. The highest BCUT2D eigenvalue weighted by Gasteiger charge is 2.35. The largest absolute Gasteiger partial charge is 0.298 e. The van der Waals surface area contributed by atoms with Crippen LogP contribution in [-0.2, 0) is 4.79 Å². The normalized spacial score (nSPS) is 17.9. The molecule has 0 aromatic heterocycles. The van der Waals surface area contributed by atoms with Crippen molar-refractivity contribution in [3.05, 3.63) is 68.1 Å². The molecule has 2 aliphatic heterocycles. The highest BCUT2D eigenvalue weighted by molar-refractivity contribution is 9.10. The number of fused-ring (bicyclic) bond motifs is 2. The van der Waals surface area contributed by atoms with Gasteiger partial charge in [0.25, 0.3) is 5.91 Å². The number of aryl methyl sites for hydroxylation is 2. The van der Waals surface area contributed by atoms with Crippen LogP contribution in [-0.4, -0.2) is 21.8 Å². The minimum Gasteiger partial charge on any atom is -0.298 e. The monoisotopic (exact) mass is 470 g/mol. The van der Waals surface area contributed by atoms with E-state index in [1.165, 1.54) is 0 Å². The zero-order valence-electron chi connectivity index (χ0n) is 16.7. The first-order valence-corrected chi connectivity index (χ1v) is 11.5. The van der Waals surface area contributed by atoms with Gasteiger partial charge >= 0.3 is 0 Å². The van der Waals surface area contributed by atoms with E-state index in [1.807, 2.05) is 18.2 Å². The second-order valence-corrected chi connectivity index (χ2v) is 9.28. The van der Waals surface area contributed by atoms with Gasteiger partial charge in [0.05, 0.1) is 5.36 Å². The maximum Gasteiger partial charge on any atom is 0.276 e. The van der Waals surface area contributed by atoms with Crippen molar-refractivity contribution in [1.82, 2.24) is 10.3 Å². The maximum atomic E-state index is 13.1. The van der Waals surface area contributed by atoms with Crippen molar-refractivity contribution in [1.29, 1.82) is 0 Å². The summed E-state index contributed by atoms with van der Waals surface area (Å²) in [6, 6.07) is 12.2. The average molecular weight is 471 g/mol. The number of amides is 1. The fourth-order valence-corrected chi connectivity index (χ4v) is 4.77. The van der Waals surface area contributed by atoms with Gasteiger partial charge in [0.2, 0.25) is 0 Å². The SMILES string of the molecule is CCCCSC1=NN2C(=c3cc(Br)ccc3=NC2c2cc(C)ccc2C)C(=O)N1. The average Bonchev–Trinajstić information content (AvgIpc) is 2.69. The number of carbonyl (C=O) groups is 1. The van der Waals surface area contributed by atoms with Crippen molar-refractivity contribution in [2.45, 2.75) is 39.8 Å². The van der Waals surface area contributed by atoms with E-state index in [0.29, 0.717) is 10.9 Å². The molecule has 0 bridgehead atoms. The van der Waals surface area contributed by atoms with E-state index in [-0.39, 0.29) is 12.1 Å². The highest BCUT2D eigenvalue weighted by atomic mass is 79.9. The summed E-state index contributed by atoms with van der Waals surface area (Å²) in [4.78, 5) is 18.1. The summed E-state index contributed by atoms with van der Waals surface area (Å²) in [6.07, 6.45) is 1.82. The van der Waals surface area contributed by atoms with Crippen LogP contribution in [0.5, 0.6) is 0 Å². The van der Waals surface area contributed by atoms with Crippen LogP contribution in [0, 0.1) is 13.8 Å². The minimum atomic E-state index is -0.369. The summed E-state index contributed by atoms with van der Waals surface area (Å²) in [5.74, 6) is 0.787. The van der Waals surface area contributed by atoms with Crippen LogP contribution < -0.4 is 15.9 Å². The van der Waals surface area contributed by atoms with Crippen LogP contribution in [0.25, 0.3) is 5.70 Å². The van der Waals surface area contributed by atoms with Gasteiger partial charge in [-0.15, -0.1) is 5.10 Å². The van der Waals surface area contributed by atoms with Crippen LogP contribution in [0.15, 0.2) is 51.0 Å². The Hall–Kier alpha value is -2.12. The number of hydrogen-bond donors (Lipinski definition) is 1. The van der Waals surface area contributed by atoms with Gasteiger partial charge in [-0.3, -0.25) is 15.1 Å². The number of amidine groups is 1. The summed E-state index contributed by atoms with van der Waals surface area (Å²) in [5, 5.41) is 11.8. The van der Waals surface area contributed by atoms with E-state index in [4.69, 9.17) is 10.1 Å². The molecule has 5 nitrogen and oxygen atoms in total. The van der Waals surface area contributed by atoms with Crippen LogP contribution in [0.3, 0.4) is 0 Å². The highest BCUT2D eigenvalue weighted by Crippen LogP contribution is 2.33. The molecule has 150 valence electrons. The van der Waals surface area contributed by atoms with E-state index in [9.17, 15) is 4.79 Å². The zero-order chi connectivity index (χ0) is 20.5. The molecule has 2 heterocycles. The standard InChI is InChI=1S/C22H23BrN4OS/c1-4-5-10-29-22-25-21(28)19-17-12-15(23)8-9-18(17)24-20(27(19)26-22)16-11-13(2)6-7-14(16)3/h6-9,11-12,20H,4-5,10H2,1-3H3,(H,25,26,28). The van der Waals surface area contributed by atoms with Gasteiger partial charge in [0.15, 0.2) is 11.3 Å². The lowest BCUT2D eigenvalue weighted by Crippen LogP contribution is -2.50. The number of benzene rings is 2. The van der Waals surface area contributed by atoms with Crippen LogP contribution >= 0.6 is 27.7 Å². The second-order valence-electron chi connectivity index (χ2n) is 7.28. The molecular weight excluding hydrogens is 448 g/mol. The van der Waals surface area contributed by atoms with Gasteiger partial charge in [-0.05, 0) is 44.0 Å². The molecule has 0 saturated heterocycles. The van der Waals surface area contributed by atoms with Crippen LogP contribution in [0.4, 0.5) is 0 Å². The molecule has 1 atom stereocenters. The molecule has 0 aliphatic carbocycles. The van der Waals surface area contributed by atoms with E-state index < -0.39 is 0 Å². The van der Waals surface area contributed by atoms with Crippen LogP contribution in [0.2, 0.25) is 0 Å². The summed E-state index contributed by atoms with van der Waals surface area (Å²) < 4.78 is 0.906. The quantitative estimate of drug-likeness (QED) is 0.692. The first-order valence-electron chi connectivity index (χ1n) is 9.74. The first kappa shape index (κ1) is 20.2. The Morgan fingerprint density at radius 2 is 2.03 bits per heavy atom. The molecule has 0 fully saturated rings. The molecule has 2 aromatic carbocycles. The van der Waals surface area contributed by atoms with Crippen molar-refractivity contribution in [2.24, 2.45) is 10.1 Å². The van der Waals surface area contributed by atoms with Crippen molar-refractivity contribution in [3.63, 3.8) is 0 Å². The maximum absolute atomic E-state index is 13.1. The number of nitrogens with zero attached hydrogens (tertiary/aromatic N) is 3. The van der Waals surface area contributed by atoms with E-state index in [1.54, 1.807) is 16.8 Å². The Labute approximate surface area is 183 Å². The first-order chi connectivity index (χ1) is 14.0. The lowest BCUT2D eigenvalue weighted by Gasteiger charge is -2.34. The number of rotatable bonds is 4. The number of unbranched alkanes of at least 4 members (excludes halogenated alkanes) is 1. The topological polar surface area (TPSA) is 57.1 Å². The lowest BCUT2D eigenvalue weighted by molar-refractivity contribution is -0.116. The predicted molar refractivity (Wildman–Crippen MR) is 122 cm³/mol. The molecule has 0 saturated carbocycles. The molecule has 7 heteroatoms. The van der Waals surface area contributed by atoms with E-state index >= 15 is 0 Å². The third-order valence-electron chi connectivity index (χ3n) is 5.02. The van der Waals surface area contributed by atoms with Gasteiger partial charge in [-0.2, -0.15) is 0 Å². The number of carbonyl (C=O) groups excluding carboxylic acids is 1. The van der Waals surface area contributed by atoms with Gasteiger partial charge in [0, 0.05) is 21.0 Å². The molecule has 2 aliphatic rings. The molecule has 1 N–H and O–H groups in total. The minimum absolute atomic E-state index is 0.136. The molecule has 1 amide bonds. The van der Waals surface area contributed by atoms with Crippen molar-refractivity contribution in [3.8, 4) is 0 Å². The van der Waals surface area contributed by atoms with Crippen molar-refractivity contribution >= 4 is 44.5 Å². The van der Waals surface area contributed by atoms with E-state index in [2.05, 4.69) is 60.2 Å². The molecule has 0 spiro atoms. The summed E-state index contributed by atoms with van der Waals surface area (Å²) >= 11 is 5.10. The second kappa shape index (κ2) is 8.32. The lowest BCUT2D eigenvalue weighted by atomic mass is 10.0. The smallest absolute Gasteiger partial charge is 0.276 e. The van der Waals surface area contributed by atoms with Crippen LogP contribution in [0.1, 0.15) is 42.6 Å². The predicted octanol–water partition coefficient (Wildman–Crippen LogP) is 3.74. The van der Waals surface area contributed by atoms with Crippen molar-refractivity contribution < 1.29 is 4.79 Å². The number of thioether (sulfide) groups is 1. The molecule has 4 rings (SSSR count). The number of hydrazone groups is 1. The number of hydrogen-bond acceptors (Lipinski definition) is 5. The third kappa shape index (κ3) is 3.98. The Balaban J connectivity index is 1.90. The number of halogens is 1. The summed E-state index contributed by atoms with van der Waals surface area (Å²) in [5.41, 5.74) is 3.90. The Morgan fingerprint density at radius 3 is 2.83 bits per heavy atom. The third-order valence-corrected chi connectivity index (χ3v) is 6.46. The van der Waals surface area contributed by atoms with E-state index in [0.717, 1.165) is 50.3 Å². The molecular formula is C22H23BrN4OS. The molecule has 0 radical (unpaired) electrons. The molecule has 29 heavy (non-hydrogen) atoms. The van der Waals surface area contributed by atoms with Gasteiger partial charge in [-0.1, -0.05) is 64.8 Å². The summed E-state index contributed by atoms with van der Waals surface area (Å²) in [6.45, 7) is 6.30. The number of nitrogens with one attached hydrogen (secondary N) is 1. The Morgan fingerprint density at radius 1 is 1.21 bits per heavy atom. The summed E-state index contributed by atoms with van der Waals surface area (Å²) in [7, 11) is 0. The van der Waals surface area contributed by atoms with Crippen molar-refractivity contribution in [2.75, 3.05) is 5.75 Å². The van der Waals surface area contributed by atoms with Gasteiger partial charge in [-0.25, -0.2) is 5.01 Å². The fourth-order valence-electron chi connectivity index (χ4n) is 3.47. The zero-order valence-corrected chi connectivity index (χ0v) is 19.1. The Bertz CT molecular complexity index is 1130. The molecule has 2 aromatic rings. The van der Waals surface area contributed by atoms with Gasteiger partial charge < -0.3 is 0 Å².